The second-order valence-corrected chi connectivity index (χ2v) is 4.76. The van der Waals surface area contributed by atoms with E-state index in [4.69, 9.17) is 11.6 Å². The van der Waals surface area contributed by atoms with Crippen molar-refractivity contribution < 1.29 is 9.31 Å². The molecule has 0 saturated heterocycles. The van der Waals surface area contributed by atoms with Gasteiger partial charge in [-0.3, -0.25) is 10.1 Å². The third kappa shape index (κ3) is 3.82. The molecular weight excluding hydrogens is 261 g/mol. The molecular formula is C11H15ClFN3O2. The Morgan fingerprint density at radius 3 is 2.67 bits per heavy atom. The molecule has 0 aliphatic carbocycles. The Morgan fingerprint density at radius 2 is 2.17 bits per heavy atom. The predicted molar refractivity (Wildman–Crippen MR) is 69.7 cm³/mol. The molecule has 1 unspecified atom stereocenters. The number of hydrogen-bond acceptors (Lipinski definition) is 4. The average Bonchev–Trinajstić information content (AvgIpc) is 2.21. The fraction of sp³-hybridized carbons (Fsp3) is 0.455. The quantitative estimate of drug-likeness (QED) is 0.663. The van der Waals surface area contributed by atoms with Crippen molar-refractivity contribution in [3.05, 3.63) is 33.1 Å². The lowest BCUT2D eigenvalue weighted by Gasteiger charge is -2.19. The molecule has 0 spiro atoms. The molecule has 0 bridgehead atoms. The highest BCUT2D eigenvalue weighted by molar-refractivity contribution is 6.31. The van der Waals surface area contributed by atoms with Gasteiger partial charge < -0.3 is 10.2 Å². The normalized spacial score (nSPS) is 12.6. The van der Waals surface area contributed by atoms with Crippen LogP contribution in [0.3, 0.4) is 0 Å². The highest BCUT2D eigenvalue weighted by Crippen LogP contribution is 2.30. The number of halogens is 2. The maximum atomic E-state index is 13.2. The van der Waals surface area contributed by atoms with E-state index >= 15 is 0 Å². The minimum absolute atomic E-state index is 0.0276. The molecule has 18 heavy (non-hydrogen) atoms. The topological polar surface area (TPSA) is 58.4 Å². The summed E-state index contributed by atoms with van der Waals surface area (Å²) in [5.41, 5.74) is -0.0942. The van der Waals surface area contributed by atoms with Crippen molar-refractivity contribution in [2.24, 2.45) is 0 Å². The number of benzene rings is 1. The third-order valence-corrected chi connectivity index (χ3v) is 2.57. The van der Waals surface area contributed by atoms with Crippen LogP contribution in [0.4, 0.5) is 15.8 Å². The van der Waals surface area contributed by atoms with Crippen molar-refractivity contribution in [2.75, 3.05) is 26.0 Å². The van der Waals surface area contributed by atoms with Crippen LogP contribution in [-0.4, -0.2) is 36.5 Å². The minimum atomic E-state index is -0.797. The van der Waals surface area contributed by atoms with Gasteiger partial charge in [0.15, 0.2) is 0 Å². The van der Waals surface area contributed by atoms with Crippen molar-refractivity contribution in [1.29, 1.82) is 0 Å². The van der Waals surface area contributed by atoms with Crippen LogP contribution in [-0.2, 0) is 0 Å². The summed E-state index contributed by atoms with van der Waals surface area (Å²) >= 11 is 5.63. The summed E-state index contributed by atoms with van der Waals surface area (Å²) in [5, 5.41) is 13.7. The molecule has 0 aliphatic heterocycles. The molecule has 1 atom stereocenters. The fourth-order valence-electron chi connectivity index (χ4n) is 1.66. The van der Waals surface area contributed by atoms with E-state index in [0.29, 0.717) is 6.54 Å². The van der Waals surface area contributed by atoms with Gasteiger partial charge in [0.05, 0.1) is 16.0 Å². The van der Waals surface area contributed by atoms with Gasteiger partial charge in [0, 0.05) is 12.6 Å². The molecule has 0 saturated carbocycles. The lowest BCUT2D eigenvalue weighted by atomic mass is 10.2. The molecule has 0 amide bonds. The third-order valence-electron chi connectivity index (χ3n) is 2.28. The molecule has 5 nitrogen and oxygen atoms in total. The van der Waals surface area contributed by atoms with Crippen LogP contribution < -0.4 is 5.32 Å². The number of nitrogens with one attached hydrogen (secondary N) is 1. The zero-order valence-electron chi connectivity index (χ0n) is 10.4. The summed E-state index contributed by atoms with van der Waals surface area (Å²) in [6.45, 7) is 2.56. The number of likely N-dealkylation sites (N-methyl/N-ethyl adjacent to an activating group) is 1. The first-order valence-electron chi connectivity index (χ1n) is 5.36. The molecule has 7 heteroatoms. The van der Waals surface area contributed by atoms with Gasteiger partial charge in [-0.15, -0.1) is 0 Å². The van der Waals surface area contributed by atoms with Gasteiger partial charge in [0.25, 0.3) is 5.69 Å². The zero-order chi connectivity index (χ0) is 13.9. The van der Waals surface area contributed by atoms with E-state index in [9.17, 15) is 14.5 Å². The number of rotatable bonds is 5. The van der Waals surface area contributed by atoms with Gasteiger partial charge in [0.1, 0.15) is 11.5 Å². The monoisotopic (exact) mass is 275 g/mol. The highest BCUT2D eigenvalue weighted by Gasteiger charge is 2.19. The van der Waals surface area contributed by atoms with Crippen LogP contribution in [0, 0.1) is 15.9 Å². The van der Waals surface area contributed by atoms with Crippen molar-refractivity contribution in [1.82, 2.24) is 4.90 Å². The lowest BCUT2D eigenvalue weighted by Crippen LogP contribution is -2.29. The Balaban J connectivity index is 3.00. The Bertz CT molecular complexity index is 454. The summed E-state index contributed by atoms with van der Waals surface area (Å²) in [4.78, 5) is 12.1. The van der Waals surface area contributed by atoms with E-state index in [1.165, 1.54) is 6.07 Å². The standard InChI is InChI=1S/C11H15ClFN3O2/c1-7(6-15(2)3)14-10-4-8(12)9(13)5-11(10)16(17)18/h4-5,7,14H,6H2,1-3H3. The summed E-state index contributed by atoms with van der Waals surface area (Å²) in [5.74, 6) is -0.797. The summed E-state index contributed by atoms with van der Waals surface area (Å²) in [6.07, 6.45) is 0. The van der Waals surface area contributed by atoms with E-state index in [0.717, 1.165) is 6.07 Å². The maximum absolute atomic E-state index is 13.2. The second-order valence-electron chi connectivity index (χ2n) is 4.35. The number of nitro benzene ring substituents is 1. The highest BCUT2D eigenvalue weighted by atomic mass is 35.5. The van der Waals surface area contributed by atoms with E-state index in [1.807, 2.05) is 25.9 Å². The first-order valence-corrected chi connectivity index (χ1v) is 5.73. The van der Waals surface area contributed by atoms with Crippen LogP contribution in [0.15, 0.2) is 12.1 Å². The minimum Gasteiger partial charge on any atom is -0.376 e. The van der Waals surface area contributed by atoms with Gasteiger partial charge >= 0.3 is 0 Å². The van der Waals surface area contributed by atoms with Gasteiger partial charge in [-0.25, -0.2) is 4.39 Å². The van der Waals surface area contributed by atoms with Crippen molar-refractivity contribution in [2.45, 2.75) is 13.0 Å². The largest absolute Gasteiger partial charge is 0.376 e. The van der Waals surface area contributed by atoms with Crippen LogP contribution in [0.2, 0.25) is 5.02 Å². The molecule has 1 N–H and O–H groups in total. The van der Waals surface area contributed by atoms with Gasteiger partial charge in [-0.05, 0) is 27.1 Å². The molecule has 1 aromatic rings. The summed E-state index contributed by atoms with van der Waals surface area (Å²) < 4.78 is 13.2. The van der Waals surface area contributed by atoms with Crippen LogP contribution in [0.1, 0.15) is 6.92 Å². The SMILES string of the molecule is CC(CN(C)C)Nc1cc(Cl)c(F)cc1[N+](=O)[O-]. The summed E-state index contributed by atoms with van der Waals surface area (Å²) in [7, 11) is 3.79. The number of nitrogens with zero attached hydrogens (tertiary/aromatic N) is 2. The number of hydrogen-bond donors (Lipinski definition) is 1. The summed E-state index contributed by atoms with van der Waals surface area (Å²) in [6, 6.07) is 2.04. The first kappa shape index (κ1) is 14.7. The number of anilines is 1. The molecule has 1 aromatic carbocycles. The van der Waals surface area contributed by atoms with Crippen molar-refractivity contribution in [3.63, 3.8) is 0 Å². The Kier molecular flexibility index (Phi) is 4.86. The lowest BCUT2D eigenvalue weighted by molar-refractivity contribution is -0.384. The molecule has 0 fully saturated rings. The van der Waals surface area contributed by atoms with E-state index < -0.39 is 10.7 Å². The molecule has 0 radical (unpaired) electrons. The van der Waals surface area contributed by atoms with Gasteiger partial charge in [-0.2, -0.15) is 0 Å². The molecule has 0 heterocycles. The van der Waals surface area contributed by atoms with E-state index in [1.54, 1.807) is 0 Å². The van der Waals surface area contributed by atoms with Crippen LogP contribution in [0.25, 0.3) is 0 Å². The smallest absolute Gasteiger partial charge is 0.295 e. The van der Waals surface area contributed by atoms with E-state index in [2.05, 4.69) is 5.32 Å². The van der Waals surface area contributed by atoms with Gasteiger partial charge in [0.2, 0.25) is 0 Å². The molecule has 0 aromatic heterocycles. The first-order chi connectivity index (χ1) is 8.31. The Hall–Kier alpha value is -1.40. The average molecular weight is 276 g/mol. The van der Waals surface area contributed by atoms with Crippen LogP contribution in [0.5, 0.6) is 0 Å². The zero-order valence-corrected chi connectivity index (χ0v) is 11.2. The van der Waals surface area contributed by atoms with Crippen molar-refractivity contribution in [3.8, 4) is 0 Å². The van der Waals surface area contributed by atoms with E-state index in [-0.39, 0.29) is 22.4 Å². The molecule has 0 aliphatic rings. The second kappa shape index (κ2) is 5.97. The molecule has 1 rings (SSSR count). The fourth-order valence-corrected chi connectivity index (χ4v) is 1.83. The Morgan fingerprint density at radius 1 is 1.56 bits per heavy atom. The van der Waals surface area contributed by atoms with Crippen LogP contribution >= 0.6 is 11.6 Å². The maximum Gasteiger partial charge on any atom is 0.295 e. The molecule has 100 valence electrons. The Labute approximate surface area is 110 Å². The number of nitro groups is 1. The van der Waals surface area contributed by atoms with Gasteiger partial charge in [-0.1, -0.05) is 11.6 Å². The predicted octanol–water partition coefficient (Wildman–Crippen LogP) is 2.75. The van der Waals surface area contributed by atoms with Crippen molar-refractivity contribution >= 4 is 23.0 Å².